The van der Waals surface area contributed by atoms with Crippen LogP contribution < -0.4 is 5.32 Å². The first-order valence-electron chi connectivity index (χ1n) is 6.61. The zero-order chi connectivity index (χ0) is 11.4. The van der Waals surface area contributed by atoms with E-state index >= 15 is 0 Å². The molecule has 1 aliphatic rings. The van der Waals surface area contributed by atoms with Crippen molar-refractivity contribution in [2.75, 3.05) is 7.05 Å². The van der Waals surface area contributed by atoms with Gasteiger partial charge in [-0.2, -0.15) is 0 Å². The van der Waals surface area contributed by atoms with Gasteiger partial charge < -0.3 is 5.32 Å². The molecule has 88 valence electrons. The minimum atomic E-state index is 0.682. The van der Waals surface area contributed by atoms with Gasteiger partial charge in [0.25, 0.3) is 0 Å². The largest absolute Gasteiger partial charge is 0.316 e. The molecule has 1 saturated carbocycles. The van der Waals surface area contributed by atoms with Crippen molar-refractivity contribution < 1.29 is 0 Å². The summed E-state index contributed by atoms with van der Waals surface area (Å²) in [7, 11) is 2.10. The van der Waals surface area contributed by atoms with E-state index in [1.165, 1.54) is 36.8 Å². The molecule has 0 spiro atoms. The Kier molecular flexibility index (Phi) is 4.00. The van der Waals surface area contributed by atoms with Crippen LogP contribution >= 0.6 is 0 Å². The highest BCUT2D eigenvalue weighted by Crippen LogP contribution is 2.32. The van der Waals surface area contributed by atoms with Crippen molar-refractivity contribution in [2.24, 2.45) is 0 Å². The monoisotopic (exact) mass is 217 g/mol. The summed E-state index contributed by atoms with van der Waals surface area (Å²) in [5, 5.41) is 3.48. The highest BCUT2D eigenvalue weighted by atomic mass is 14.9. The average Bonchev–Trinajstić information content (AvgIpc) is 2.39. The number of likely N-dealkylation sites (N-methyl/N-ethyl adjacent to an activating group) is 1. The molecule has 0 aliphatic heterocycles. The van der Waals surface area contributed by atoms with Gasteiger partial charge in [0, 0.05) is 6.04 Å². The number of nitrogens with one attached hydrogen (secondary N) is 1. The predicted molar refractivity (Wildman–Crippen MR) is 69.9 cm³/mol. The van der Waals surface area contributed by atoms with Gasteiger partial charge in [-0.25, -0.2) is 0 Å². The molecule has 1 nitrogen and oxygen atoms in total. The molecule has 1 aromatic carbocycles. The van der Waals surface area contributed by atoms with E-state index in [1.807, 2.05) is 0 Å². The summed E-state index contributed by atoms with van der Waals surface area (Å²) in [4.78, 5) is 0. The molecular formula is C15H23N. The maximum absolute atomic E-state index is 3.48. The summed E-state index contributed by atoms with van der Waals surface area (Å²) >= 11 is 0. The van der Waals surface area contributed by atoms with Gasteiger partial charge in [-0.05, 0) is 43.4 Å². The Morgan fingerprint density at radius 1 is 1.12 bits per heavy atom. The minimum Gasteiger partial charge on any atom is -0.316 e. The van der Waals surface area contributed by atoms with E-state index in [1.54, 1.807) is 0 Å². The van der Waals surface area contributed by atoms with Crippen LogP contribution in [0.15, 0.2) is 24.3 Å². The summed E-state index contributed by atoms with van der Waals surface area (Å²) in [6.45, 7) is 2.21. The van der Waals surface area contributed by atoms with Crippen molar-refractivity contribution in [1.82, 2.24) is 5.32 Å². The van der Waals surface area contributed by atoms with Crippen molar-refractivity contribution in [2.45, 2.75) is 51.0 Å². The Bertz CT molecular complexity index is 315. The lowest BCUT2D eigenvalue weighted by molar-refractivity contribution is 0.344. The molecule has 0 amide bonds. The zero-order valence-corrected chi connectivity index (χ0v) is 10.5. The van der Waals surface area contributed by atoms with Crippen LogP contribution in [0.5, 0.6) is 0 Å². The number of hydrogen-bond acceptors (Lipinski definition) is 1. The molecule has 0 heterocycles. The first-order valence-corrected chi connectivity index (χ1v) is 6.61. The van der Waals surface area contributed by atoms with Gasteiger partial charge in [0.1, 0.15) is 0 Å². The number of aryl methyl sites for hydroxylation is 1. The van der Waals surface area contributed by atoms with Crippen LogP contribution in [0.1, 0.15) is 49.7 Å². The molecular weight excluding hydrogens is 194 g/mol. The van der Waals surface area contributed by atoms with Gasteiger partial charge in [-0.1, -0.05) is 44.0 Å². The maximum atomic E-state index is 3.48. The lowest BCUT2D eigenvalue weighted by Crippen LogP contribution is -2.34. The van der Waals surface area contributed by atoms with Crippen molar-refractivity contribution in [3.63, 3.8) is 0 Å². The molecule has 1 aromatic rings. The quantitative estimate of drug-likeness (QED) is 0.817. The lowest BCUT2D eigenvalue weighted by Gasteiger charge is -2.31. The predicted octanol–water partition coefficient (Wildman–Crippen LogP) is 3.49. The van der Waals surface area contributed by atoms with Gasteiger partial charge in [-0.15, -0.1) is 0 Å². The van der Waals surface area contributed by atoms with E-state index in [0.29, 0.717) is 6.04 Å². The Balaban J connectivity index is 2.14. The molecule has 16 heavy (non-hydrogen) atoms. The molecule has 1 fully saturated rings. The van der Waals surface area contributed by atoms with Crippen LogP contribution in [0.25, 0.3) is 0 Å². The van der Waals surface area contributed by atoms with Gasteiger partial charge >= 0.3 is 0 Å². The first kappa shape index (κ1) is 11.7. The number of rotatable bonds is 3. The van der Waals surface area contributed by atoms with E-state index in [-0.39, 0.29) is 0 Å². The SMILES string of the molecule is CCc1ccc(C2CCCCC2NC)cc1. The highest BCUT2D eigenvalue weighted by Gasteiger charge is 2.24. The third-order valence-corrected chi connectivity index (χ3v) is 3.95. The molecule has 1 heteroatoms. The first-order chi connectivity index (χ1) is 7.85. The number of benzene rings is 1. The Labute approximate surface area is 99.3 Å². The van der Waals surface area contributed by atoms with Gasteiger partial charge in [0.05, 0.1) is 0 Å². The molecule has 2 rings (SSSR count). The Morgan fingerprint density at radius 2 is 1.81 bits per heavy atom. The molecule has 1 N–H and O–H groups in total. The molecule has 2 unspecified atom stereocenters. The fourth-order valence-electron chi connectivity index (χ4n) is 2.88. The summed E-state index contributed by atoms with van der Waals surface area (Å²) in [6, 6.07) is 9.92. The fourth-order valence-corrected chi connectivity index (χ4v) is 2.88. The highest BCUT2D eigenvalue weighted by molar-refractivity contribution is 5.27. The zero-order valence-electron chi connectivity index (χ0n) is 10.5. The second-order valence-electron chi connectivity index (χ2n) is 4.88. The van der Waals surface area contributed by atoms with E-state index in [9.17, 15) is 0 Å². The van der Waals surface area contributed by atoms with Crippen molar-refractivity contribution in [3.8, 4) is 0 Å². The maximum Gasteiger partial charge on any atom is 0.0133 e. The lowest BCUT2D eigenvalue weighted by atomic mass is 9.80. The van der Waals surface area contributed by atoms with E-state index in [0.717, 1.165) is 12.3 Å². The number of hydrogen-bond donors (Lipinski definition) is 1. The molecule has 0 radical (unpaired) electrons. The third-order valence-electron chi connectivity index (χ3n) is 3.95. The molecule has 0 bridgehead atoms. The molecule has 1 aliphatic carbocycles. The average molecular weight is 217 g/mol. The van der Waals surface area contributed by atoms with E-state index in [2.05, 4.69) is 43.6 Å². The van der Waals surface area contributed by atoms with Crippen LogP contribution in [-0.4, -0.2) is 13.1 Å². The molecule has 0 saturated heterocycles. The Hall–Kier alpha value is -0.820. The second-order valence-corrected chi connectivity index (χ2v) is 4.88. The van der Waals surface area contributed by atoms with Crippen LogP contribution in [0, 0.1) is 0 Å². The molecule has 2 atom stereocenters. The van der Waals surface area contributed by atoms with Crippen LogP contribution in [0.3, 0.4) is 0 Å². The topological polar surface area (TPSA) is 12.0 Å². The summed E-state index contributed by atoms with van der Waals surface area (Å²) in [5.74, 6) is 0.727. The normalized spacial score (nSPS) is 25.6. The summed E-state index contributed by atoms with van der Waals surface area (Å²) in [6.07, 6.45) is 6.58. The third kappa shape index (κ3) is 2.46. The standard InChI is InChI=1S/C15H23N/c1-3-12-8-10-13(11-9-12)14-6-4-5-7-15(14)16-2/h8-11,14-16H,3-7H2,1-2H3. The van der Waals surface area contributed by atoms with Crippen LogP contribution in [0.4, 0.5) is 0 Å². The van der Waals surface area contributed by atoms with E-state index < -0.39 is 0 Å². The minimum absolute atomic E-state index is 0.682. The Morgan fingerprint density at radius 3 is 2.44 bits per heavy atom. The smallest absolute Gasteiger partial charge is 0.0133 e. The van der Waals surface area contributed by atoms with Gasteiger partial charge in [0.2, 0.25) is 0 Å². The van der Waals surface area contributed by atoms with Gasteiger partial charge in [0.15, 0.2) is 0 Å². The summed E-state index contributed by atoms with van der Waals surface area (Å²) in [5.41, 5.74) is 2.97. The van der Waals surface area contributed by atoms with Gasteiger partial charge in [-0.3, -0.25) is 0 Å². The summed E-state index contributed by atoms with van der Waals surface area (Å²) < 4.78 is 0. The van der Waals surface area contributed by atoms with Crippen molar-refractivity contribution in [3.05, 3.63) is 35.4 Å². The van der Waals surface area contributed by atoms with Crippen LogP contribution in [0.2, 0.25) is 0 Å². The fraction of sp³-hybridized carbons (Fsp3) is 0.600. The van der Waals surface area contributed by atoms with Crippen molar-refractivity contribution in [1.29, 1.82) is 0 Å². The van der Waals surface area contributed by atoms with Crippen molar-refractivity contribution >= 4 is 0 Å². The second kappa shape index (κ2) is 5.49. The van der Waals surface area contributed by atoms with Crippen LogP contribution in [-0.2, 0) is 6.42 Å². The van der Waals surface area contributed by atoms with E-state index in [4.69, 9.17) is 0 Å². The molecule has 0 aromatic heterocycles.